The van der Waals surface area contributed by atoms with Crippen molar-refractivity contribution in [3.63, 3.8) is 0 Å². The molecule has 1 saturated heterocycles. The molecule has 1 aromatic carbocycles. The van der Waals surface area contributed by atoms with Gasteiger partial charge in [-0.25, -0.2) is 14.4 Å². The average Bonchev–Trinajstić information content (AvgIpc) is 2.64. The van der Waals surface area contributed by atoms with Gasteiger partial charge in [-0.2, -0.15) is 0 Å². The van der Waals surface area contributed by atoms with Gasteiger partial charge >= 0.3 is 5.69 Å². The molecule has 2 aromatic rings. The van der Waals surface area contributed by atoms with E-state index in [-0.39, 0.29) is 23.0 Å². The number of hydrogen-bond donors (Lipinski definition) is 2. The number of rotatable bonds is 7. The number of para-hydroxylation sites is 1. The Labute approximate surface area is 149 Å². The van der Waals surface area contributed by atoms with Gasteiger partial charge in [0.2, 0.25) is 11.6 Å². The third kappa shape index (κ3) is 4.41. The number of hydrogen-bond acceptors (Lipinski definition) is 8. The van der Waals surface area contributed by atoms with Crippen molar-refractivity contribution in [1.29, 1.82) is 0 Å². The second-order valence-corrected chi connectivity index (χ2v) is 5.66. The van der Waals surface area contributed by atoms with E-state index in [1.807, 2.05) is 0 Å². The zero-order valence-electron chi connectivity index (χ0n) is 14.0. The molecule has 9 nitrogen and oxygen atoms in total. The van der Waals surface area contributed by atoms with Gasteiger partial charge in [0.1, 0.15) is 12.1 Å². The first kappa shape index (κ1) is 18.0. The largest absolute Gasteiger partial charge is 0.379 e. The Balaban J connectivity index is 1.73. The van der Waals surface area contributed by atoms with Crippen LogP contribution in [0.4, 0.5) is 27.4 Å². The zero-order chi connectivity index (χ0) is 18.4. The molecule has 3 rings (SSSR count). The van der Waals surface area contributed by atoms with Gasteiger partial charge in [-0.15, -0.1) is 0 Å². The maximum Gasteiger partial charge on any atom is 0.353 e. The second-order valence-electron chi connectivity index (χ2n) is 5.66. The number of morpholine rings is 1. The third-order valence-corrected chi connectivity index (χ3v) is 3.96. The first-order valence-corrected chi connectivity index (χ1v) is 8.20. The van der Waals surface area contributed by atoms with E-state index in [0.29, 0.717) is 26.3 Å². The molecule has 1 aliphatic rings. The molecule has 0 radical (unpaired) electrons. The van der Waals surface area contributed by atoms with Crippen LogP contribution >= 0.6 is 0 Å². The summed E-state index contributed by atoms with van der Waals surface area (Å²) in [4.78, 5) is 21.0. The summed E-state index contributed by atoms with van der Waals surface area (Å²) in [6.45, 7) is 4.22. The van der Waals surface area contributed by atoms with Crippen LogP contribution in [0.3, 0.4) is 0 Å². The lowest BCUT2D eigenvalue weighted by Gasteiger charge is -2.26. The summed E-state index contributed by atoms with van der Waals surface area (Å²) in [6.07, 6.45) is 1.20. The Morgan fingerprint density at radius 2 is 1.96 bits per heavy atom. The summed E-state index contributed by atoms with van der Waals surface area (Å²) in [6, 6.07) is 5.90. The van der Waals surface area contributed by atoms with Crippen molar-refractivity contribution in [1.82, 2.24) is 14.9 Å². The highest BCUT2D eigenvalue weighted by Gasteiger charge is 2.23. The van der Waals surface area contributed by atoms with Crippen molar-refractivity contribution in [3.05, 3.63) is 46.5 Å². The van der Waals surface area contributed by atoms with Crippen LogP contribution in [-0.4, -0.2) is 59.2 Å². The Morgan fingerprint density at radius 3 is 2.69 bits per heavy atom. The molecule has 0 atom stereocenters. The number of nitro groups is 1. The van der Waals surface area contributed by atoms with Crippen LogP contribution in [0.5, 0.6) is 0 Å². The monoisotopic (exact) mass is 362 g/mol. The number of nitrogens with one attached hydrogen (secondary N) is 2. The fraction of sp³-hybridized carbons (Fsp3) is 0.375. The Morgan fingerprint density at radius 1 is 1.23 bits per heavy atom. The fourth-order valence-electron chi connectivity index (χ4n) is 2.62. The maximum absolute atomic E-state index is 13.8. The molecule has 0 bridgehead atoms. The van der Waals surface area contributed by atoms with E-state index in [1.54, 1.807) is 6.07 Å². The lowest BCUT2D eigenvalue weighted by molar-refractivity contribution is -0.383. The van der Waals surface area contributed by atoms with E-state index in [0.717, 1.165) is 13.1 Å². The maximum atomic E-state index is 13.8. The summed E-state index contributed by atoms with van der Waals surface area (Å²) < 4.78 is 19.1. The molecular formula is C16H19FN6O3. The van der Waals surface area contributed by atoms with E-state index >= 15 is 0 Å². The second kappa shape index (κ2) is 8.50. The predicted octanol–water partition coefficient (Wildman–Crippen LogP) is 2.01. The average molecular weight is 362 g/mol. The van der Waals surface area contributed by atoms with Gasteiger partial charge in [-0.1, -0.05) is 12.1 Å². The Kier molecular flexibility index (Phi) is 5.87. The van der Waals surface area contributed by atoms with Crippen LogP contribution in [0, 0.1) is 15.9 Å². The van der Waals surface area contributed by atoms with Crippen molar-refractivity contribution in [2.45, 2.75) is 0 Å². The smallest absolute Gasteiger partial charge is 0.353 e. The number of benzene rings is 1. The quantitative estimate of drug-likeness (QED) is 0.569. The Hall–Kier alpha value is -2.85. The normalized spacial score (nSPS) is 14.8. The summed E-state index contributed by atoms with van der Waals surface area (Å²) in [7, 11) is 0. The summed E-state index contributed by atoms with van der Waals surface area (Å²) in [5.74, 6) is -0.497. The van der Waals surface area contributed by atoms with Crippen LogP contribution < -0.4 is 10.6 Å². The summed E-state index contributed by atoms with van der Waals surface area (Å²) in [5, 5.41) is 17.1. The molecule has 26 heavy (non-hydrogen) atoms. The molecule has 2 N–H and O–H groups in total. The van der Waals surface area contributed by atoms with Crippen LogP contribution in [-0.2, 0) is 4.74 Å². The van der Waals surface area contributed by atoms with Gasteiger partial charge in [0.25, 0.3) is 0 Å². The molecule has 0 aliphatic carbocycles. The number of halogens is 1. The molecule has 0 unspecified atom stereocenters. The van der Waals surface area contributed by atoms with E-state index < -0.39 is 10.7 Å². The van der Waals surface area contributed by atoms with E-state index in [9.17, 15) is 14.5 Å². The van der Waals surface area contributed by atoms with Crippen molar-refractivity contribution < 1.29 is 14.1 Å². The number of nitrogens with zero attached hydrogens (tertiary/aromatic N) is 4. The molecule has 1 aliphatic heterocycles. The fourth-order valence-corrected chi connectivity index (χ4v) is 2.62. The number of aromatic nitrogens is 2. The van der Waals surface area contributed by atoms with Crippen LogP contribution in [0.2, 0.25) is 0 Å². The van der Waals surface area contributed by atoms with E-state index in [1.165, 1.54) is 24.5 Å². The summed E-state index contributed by atoms with van der Waals surface area (Å²) >= 11 is 0. The number of anilines is 3. The molecule has 10 heteroatoms. The molecule has 138 valence electrons. The van der Waals surface area contributed by atoms with Crippen molar-refractivity contribution in [2.24, 2.45) is 0 Å². The topological polar surface area (TPSA) is 105 Å². The molecular weight excluding hydrogens is 343 g/mol. The zero-order valence-corrected chi connectivity index (χ0v) is 14.0. The highest BCUT2D eigenvalue weighted by molar-refractivity contribution is 5.73. The van der Waals surface area contributed by atoms with Crippen LogP contribution in [0.25, 0.3) is 0 Å². The van der Waals surface area contributed by atoms with Crippen molar-refractivity contribution in [3.8, 4) is 0 Å². The van der Waals surface area contributed by atoms with Gasteiger partial charge in [-0.3, -0.25) is 15.0 Å². The van der Waals surface area contributed by atoms with Gasteiger partial charge in [0, 0.05) is 26.2 Å². The SMILES string of the molecule is O=[N+]([O-])c1c(NCCN2CCOCC2)ncnc1Nc1ccccc1F. The molecule has 0 spiro atoms. The van der Waals surface area contributed by atoms with E-state index in [2.05, 4.69) is 25.5 Å². The van der Waals surface area contributed by atoms with Gasteiger partial charge in [-0.05, 0) is 12.1 Å². The molecule has 1 fully saturated rings. The van der Waals surface area contributed by atoms with Crippen LogP contribution in [0.15, 0.2) is 30.6 Å². The van der Waals surface area contributed by atoms with Crippen molar-refractivity contribution in [2.75, 3.05) is 50.0 Å². The van der Waals surface area contributed by atoms with Gasteiger partial charge in [0.05, 0.1) is 23.8 Å². The summed E-state index contributed by atoms with van der Waals surface area (Å²) in [5.41, 5.74) is -0.216. The van der Waals surface area contributed by atoms with Crippen LogP contribution in [0.1, 0.15) is 0 Å². The minimum atomic E-state index is -0.583. The lowest BCUT2D eigenvalue weighted by Crippen LogP contribution is -2.39. The molecule has 2 heterocycles. The third-order valence-electron chi connectivity index (χ3n) is 3.96. The van der Waals surface area contributed by atoms with E-state index in [4.69, 9.17) is 4.74 Å². The minimum Gasteiger partial charge on any atom is -0.379 e. The van der Waals surface area contributed by atoms with Gasteiger partial charge in [0.15, 0.2) is 0 Å². The predicted molar refractivity (Wildman–Crippen MR) is 94.1 cm³/mol. The first-order chi connectivity index (χ1) is 12.6. The van der Waals surface area contributed by atoms with Gasteiger partial charge < -0.3 is 15.4 Å². The molecule has 0 saturated carbocycles. The lowest BCUT2D eigenvalue weighted by atomic mass is 10.3. The highest BCUT2D eigenvalue weighted by Crippen LogP contribution is 2.31. The minimum absolute atomic E-state index is 0.0658. The Bertz CT molecular complexity index is 769. The first-order valence-electron chi connectivity index (χ1n) is 8.20. The number of ether oxygens (including phenoxy) is 1. The standard InChI is InChI=1S/C16H19FN6O3/c17-12-3-1-2-4-13(12)21-16-14(23(24)25)15(19-11-20-16)18-5-6-22-7-9-26-10-8-22/h1-4,11H,5-10H2,(H2,18,19,20,21). The highest BCUT2D eigenvalue weighted by atomic mass is 19.1. The molecule has 1 aromatic heterocycles. The molecule has 0 amide bonds. The van der Waals surface area contributed by atoms with Crippen molar-refractivity contribution >= 4 is 23.0 Å².